The predicted octanol–water partition coefficient (Wildman–Crippen LogP) is 4.27. The standard InChI is InChI=1S/C19H33NO2.ClH/c1-14-8-15(2)10-17(9-14)22-12-16(21)11-20-19(6,7)13-18(3,4)5;/h8-10,16,20-21H,11-13H2,1-7H3;1H. The van der Waals surface area contributed by atoms with E-state index in [2.05, 4.69) is 46.0 Å². The van der Waals surface area contributed by atoms with Gasteiger partial charge in [-0.1, -0.05) is 26.8 Å². The molecule has 0 aromatic heterocycles. The van der Waals surface area contributed by atoms with Gasteiger partial charge in [0.05, 0.1) is 0 Å². The molecule has 1 unspecified atom stereocenters. The van der Waals surface area contributed by atoms with Crippen LogP contribution in [0.5, 0.6) is 5.75 Å². The maximum atomic E-state index is 10.1. The quantitative estimate of drug-likeness (QED) is 0.776. The molecule has 0 heterocycles. The summed E-state index contributed by atoms with van der Waals surface area (Å²) >= 11 is 0. The molecule has 4 heteroatoms. The first-order valence-corrected chi connectivity index (χ1v) is 8.11. The van der Waals surface area contributed by atoms with Crippen molar-refractivity contribution in [1.29, 1.82) is 0 Å². The molecule has 1 aromatic carbocycles. The molecule has 1 rings (SSSR count). The van der Waals surface area contributed by atoms with Crippen LogP contribution in [0, 0.1) is 19.3 Å². The van der Waals surface area contributed by atoms with Crippen LogP contribution in [0.3, 0.4) is 0 Å². The third-order valence-electron chi connectivity index (χ3n) is 3.43. The Bertz CT molecular complexity index is 460. The van der Waals surface area contributed by atoms with Crippen molar-refractivity contribution in [2.45, 2.75) is 66.5 Å². The van der Waals surface area contributed by atoms with Gasteiger partial charge in [-0.15, -0.1) is 12.4 Å². The molecule has 0 bridgehead atoms. The van der Waals surface area contributed by atoms with E-state index in [4.69, 9.17) is 4.74 Å². The Kier molecular flexibility index (Phi) is 8.61. The molecule has 1 atom stereocenters. The van der Waals surface area contributed by atoms with Gasteiger partial charge in [-0.05, 0) is 62.8 Å². The lowest BCUT2D eigenvalue weighted by molar-refractivity contribution is 0.0943. The second-order valence-electron chi connectivity index (χ2n) is 8.29. The first-order chi connectivity index (χ1) is 9.97. The number of aliphatic hydroxyl groups excluding tert-OH is 1. The zero-order chi connectivity index (χ0) is 17.0. The summed E-state index contributed by atoms with van der Waals surface area (Å²) < 4.78 is 5.71. The van der Waals surface area contributed by atoms with E-state index in [1.165, 1.54) is 11.1 Å². The predicted molar refractivity (Wildman–Crippen MR) is 101 cm³/mol. The minimum Gasteiger partial charge on any atom is -0.491 e. The number of benzene rings is 1. The SMILES string of the molecule is Cc1cc(C)cc(OCC(O)CNC(C)(C)CC(C)(C)C)c1.Cl. The number of ether oxygens (including phenoxy) is 1. The smallest absolute Gasteiger partial charge is 0.119 e. The number of nitrogens with one attached hydrogen (secondary N) is 1. The molecule has 3 nitrogen and oxygen atoms in total. The van der Waals surface area contributed by atoms with Crippen LogP contribution >= 0.6 is 12.4 Å². The summed E-state index contributed by atoms with van der Waals surface area (Å²) in [6.07, 6.45) is 0.532. The van der Waals surface area contributed by atoms with Gasteiger partial charge in [0.1, 0.15) is 18.5 Å². The van der Waals surface area contributed by atoms with E-state index >= 15 is 0 Å². The lowest BCUT2D eigenvalue weighted by Crippen LogP contribution is -2.46. The largest absolute Gasteiger partial charge is 0.491 e. The molecule has 2 N–H and O–H groups in total. The second kappa shape index (κ2) is 8.91. The van der Waals surface area contributed by atoms with Crippen LogP contribution in [0.2, 0.25) is 0 Å². The fourth-order valence-corrected chi connectivity index (χ4v) is 3.05. The Balaban J connectivity index is 0.00000484. The average molecular weight is 344 g/mol. The molecule has 0 spiro atoms. The first kappa shape index (κ1) is 22.2. The fraction of sp³-hybridized carbons (Fsp3) is 0.684. The Hall–Kier alpha value is -0.770. The van der Waals surface area contributed by atoms with Crippen LogP contribution in [-0.2, 0) is 0 Å². The summed E-state index contributed by atoms with van der Waals surface area (Å²) in [5.41, 5.74) is 2.61. The van der Waals surface area contributed by atoms with E-state index in [9.17, 15) is 5.11 Å². The molecular weight excluding hydrogens is 310 g/mol. The van der Waals surface area contributed by atoms with Crippen LogP contribution in [0.1, 0.15) is 52.2 Å². The van der Waals surface area contributed by atoms with Gasteiger partial charge in [-0.2, -0.15) is 0 Å². The van der Waals surface area contributed by atoms with Crippen LogP contribution < -0.4 is 10.1 Å². The highest BCUT2D eigenvalue weighted by atomic mass is 35.5. The maximum Gasteiger partial charge on any atom is 0.119 e. The zero-order valence-electron chi connectivity index (χ0n) is 15.7. The molecule has 0 fully saturated rings. The van der Waals surface area contributed by atoms with Crippen molar-refractivity contribution in [3.63, 3.8) is 0 Å². The summed E-state index contributed by atoms with van der Waals surface area (Å²) in [5, 5.41) is 13.6. The number of aryl methyl sites for hydroxylation is 2. The monoisotopic (exact) mass is 343 g/mol. The summed E-state index contributed by atoms with van der Waals surface area (Å²) in [4.78, 5) is 0. The highest BCUT2D eigenvalue weighted by Crippen LogP contribution is 2.26. The molecule has 0 aliphatic heterocycles. The molecule has 0 aliphatic rings. The van der Waals surface area contributed by atoms with Crippen molar-refractivity contribution in [2.24, 2.45) is 5.41 Å². The van der Waals surface area contributed by atoms with Crippen LogP contribution in [-0.4, -0.2) is 29.9 Å². The average Bonchev–Trinajstić information content (AvgIpc) is 2.30. The molecule has 0 amide bonds. The maximum absolute atomic E-state index is 10.1. The number of hydrogen-bond acceptors (Lipinski definition) is 3. The molecule has 0 saturated carbocycles. The van der Waals surface area contributed by atoms with Gasteiger partial charge in [0.15, 0.2) is 0 Å². The lowest BCUT2D eigenvalue weighted by Gasteiger charge is -2.34. The van der Waals surface area contributed by atoms with Crippen molar-refractivity contribution < 1.29 is 9.84 Å². The van der Waals surface area contributed by atoms with Crippen molar-refractivity contribution in [3.8, 4) is 5.75 Å². The first-order valence-electron chi connectivity index (χ1n) is 8.11. The highest BCUT2D eigenvalue weighted by molar-refractivity contribution is 5.85. The fourth-order valence-electron chi connectivity index (χ4n) is 3.05. The molecule has 0 radical (unpaired) electrons. The summed E-state index contributed by atoms with van der Waals surface area (Å²) in [7, 11) is 0. The van der Waals surface area contributed by atoms with Gasteiger partial charge in [-0.25, -0.2) is 0 Å². The Morgan fingerprint density at radius 1 is 1.04 bits per heavy atom. The number of aliphatic hydroxyl groups is 1. The van der Waals surface area contributed by atoms with Crippen molar-refractivity contribution in [2.75, 3.05) is 13.2 Å². The molecule has 0 aliphatic carbocycles. The third-order valence-corrected chi connectivity index (χ3v) is 3.43. The zero-order valence-corrected chi connectivity index (χ0v) is 16.5. The van der Waals surface area contributed by atoms with E-state index in [0.29, 0.717) is 13.2 Å². The normalized spacial score (nSPS) is 13.4. The van der Waals surface area contributed by atoms with Gasteiger partial charge in [0, 0.05) is 12.1 Å². The van der Waals surface area contributed by atoms with Crippen molar-refractivity contribution >= 4 is 12.4 Å². The van der Waals surface area contributed by atoms with Crippen LogP contribution in [0.25, 0.3) is 0 Å². The minimum atomic E-state index is -0.514. The van der Waals surface area contributed by atoms with Gasteiger partial charge < -0.3 is 15.2 Å². The molecule has 1 aromatic rings. The summed E-state index contributed by atoms with van der Waals surface area (Å²) in [5.74, 6) is 0.825. The molecule has 134 valence electrons. The van der Waals surface area contributed by atoms with E-state index in [0.717, 1.165) is 12.2 Å². The molecule has 23 heavy (non-hydrogen) atoms. The number of β-amino-alcohol motifs (C(OH)–C–C–N with tert-alkyl or cyclic N) is 1. The minimum absolute atomic E-state index is 0. The second-order valence-corrected chi connectivity index (χ2v) is 8.29. The van der Waals surface area contributed by atoms with Gasteiger partial charge in [0.25, 0.3) is 0 Å². The van der Waals surface area contributed by atoms with Gasteiger partial charge in [0.2, 0.25) is 0 Å². The Morgan fingerprint density at radius 2 is 1.57 bits per heavy atom. The van der Waals surface area contributed by atoms with E-state index in [1.807, 2.05) is 26.0 Å². The Labute approximate surface area is 148 Å². The van der Waals surface area contributed by atoms with Gasteiger partial charge in [-0.3, -0.25) is 0 Å². The summed E-state index contributed by atoms with van der Waals surface area (Å²) in [6.45, 7) is 16.0. The van der Waals surface area contributed by atoms with E-state index < -0.39 is 6.10 Å². The topological polar surface area (TPSA) is 41.5 Å². The Morgan fingerprint density at radius 3 is 2.04 bits per heavy atom. The number of halogens is 1. The van der Waals surface area contributed by atoms with Crippen LogP contribution in [0.15, 0.2) is 18.2 Å². The lowest BCUT2D eigenvalue weighted by atomic mass is 9.82. The highest BCUT2D eigenvalue weighted by Gasteiger charge is 2.25. The molecule has 0 saturated heterocycles. The van der Waals surface area contributed by atoms with E-state index in [-0.39, 0.29) is 23.4 Å². The number of rotatable bonds is 7. The van der Waals surface area contributed by atoms with Crippen molar-refractivity contribution in [3.05, 3.63) is 29.3 Å². The van der Waals surface area contributed by atoms with Crippen LogP contribution in [0.4, 0.5) is 0 Å². The van der Waals surface area contributed by atoms with Crippen molar-refractivity contribution in [1.82, 2.24) is 5.32 Å². The van der Waals surface area contributed by atoms with Gasteiger partial charge >= 0.3 is 0 Å². The van der Waals surface area contributed by atoms with E-state index in [1.54, 1.807) is 0 Å². The summed E-state index contributed by atoms with van der Waals surface area (Å²) in [6, 6.07) is 6.10. The molecular formula is C19H34ClNO2. The number of hydrogen-bond donors (Lipinski definition) is 2. The third kappa shape index (κ3) is 9.85.